The van der Waals surface area contributed by atoms with E-state index >= 15 is 0 Å². The van der Waals surface area contributed by atoms with Gasteiger partial charge in [0, 0.05) is 32.0 Å². The molecule has 0 spiro atoms. The third kappa shape index (κ3) is 5.43. The minimum absolute atomic E-state index is 0.0790. The van der Waals surface area contributed by atoms with Crippen molar-refractivity contribution in [2.24, 2.45) is 5.92 Å². The van der Waals surface area contributed by atoms with Crippen LogP contribution >= 0.6 is 0 Å². The molecule has 22 heavy (non-hydrogen) atoms. The number of carbonyl (C=O) groups excluding carboxylic acids is 2. The number of piperidine rings is 1. The maximum atomic E-state index is 12.6. The molecule has 0 unspecified atom stereocenters. The van der Waals surface area contributed by atoms with Gasteiger partial charge in [-0.2, -0.15) is 13.2 Å². The topological polar surface area (TPSA) is 40.6 Å². The highest BCUT2D eigenvalue weighted by molar-refractivity contribution is 5.87. The van der Waals surface area contributed by atoms with E-state index in [1.54, 1.807) is 0 Å². The lowest BCUT2D eigenvalue weighted by atomic mass is 9.95. The lowest BCUT2D eigenvalue weighted by Crippen LogP contribution is -2.46. The molecular weight excluding hydrogens is 297 g/mol. The van der Waals surface area contributed by atoms with Gasteiger partial charge in [-0.05, 0) is 18.9 Å². The van der Waals surface area contributed by atoms with Crippen molar-refractivity contribution in [3.05, 3.63) is 12.7 Å². The summed E-state index contributed by atoms with van der Waals surface area (Å²) in [7, 11) is 0. The van der Waals surface area contributed by atoms with E-state index in [1.165, 1.54) is 11.0 Å². The standard InChI is InChI=1S/C15H19F3N2O2/c1-3-5-8-20(11-15(16,17)18)14(22)12-6-9-19(10-7-12)13(21)4-2/h1,4,12H,2,5-11H2. The largest absolute Gasteiger partial charge is 0.406 e. The maximum absolute atomic E-state index is 12.6. The summed E-state index contributed by atoms with van der Waals surface area (Å²) in [4.78, 5) is 26.0. The van der Waals surface area contributed by atoms with Gasteiger partial charge in [0.1, 0.15) is 6.54 Å². The summed E-state index contributed by atoms with van der Waals surface area (Å²) < 4.78 is 37.7. The number of halogens is 3. The number of hydrogen-bond donors (Lipinski definition) is 0. The van der Waals surface area contributed by atoms with E-state index < -0.39 is 24.5 Å². The highest BCUT2D eigenvalue weighted by Gasteiger charge is 2.36. The molecule has 0 aromatic heterocycles. The lowest BCUT2D eigenvalue weighted by Gasteiger charge is -2.34. The summed E-state index contributed by atoms with van der Waals surface area (Å²) in [5.74, 6) is 0.966. The Balaban J connectivity index is 2.65. The van der Waals surface area contributed by atoms with Gasteiger partial charge in [0.15, 0.2) is 0 Å². The zero-order chi connectivity index (χ0) is 16.8. The molecule has 0 radical (unpaired) electrons. The smallest absolute Gasteiger partial charge is 0.339 e. The monoisotopic (exact) mass is 316 g/mol. The van der Waals surface area contributed by atoms with Crippen molar-refractivity contribution in [1.29, 1.82) is 0 Å². The van der Waals surface area contributed by atoms with Gasteiger partial charge in [-0.3, -0.25) is 9.59 Å². The van der Waals surface area contributed by atoms with Crippen LogP contribution in [-0.2, 0) is 9.59 Å². The van der Waals surface area contributed by atoms with Crippen LogP contribution in [0, 0.1) is 18.3 Å². The Morgan fingerprint density at radius 1 is 1.36 bits per heavy atom. The van der Waals surface area contributed by atoms with Gasteiger partial charge in [0.05, 0.1) is 0 Å². The Labute approximate surface area is 127 Å². The fourth-order valence-electron chi connectivity index (χ4n) is 2.42. The minimum Gasteiger partial charge on any atom is -0.339 e. The van der Waals surface area contributed by atoms with Crippen LogP contribution in [0.15, 0.2) is 12.7 Å². The molecule has 1 saturated heterocycles. The quantitative estimate of drug-likeness (QED) is 0.573. The van der Waals surface area contributed by atoms with Gasteiger partial charge < -0.3 is 9.80 Å². The molecule has 0 aromatic carbocycles. The Morgan fingerprint density at radius 2 is 1.95 bits per heavy atom. The van der Waals surface area contributed by atoms with Gasteiger partial charge in [-0.1, -0.05) is 6.58 Å². The minimum atomic E-state index is -4.45. The zero-order valence-corrected chi connectivity index (χ0v) is 12.2. The van der Waals surface area contributed by atoms with Crippen LogP contribution in [0.25, 0.3) is 0 Å². The number of alkyl halides is 3. The molecule has 4 nitrogen and oxygen atoms in total. The van der Waals surface area contributed by atoms with E-state index in [4.69, 9.17) is 6.42 Å². The number of carbonyl (C=O) groups is 2. The highest BCUT2D eigenvalue weighted by atomic mass is 19.4. The van der Waals surface area contributed by atoms with Crippen LogP contribution < -0.4 is 0 Å². The van der Waals surface area contributed by atoms with Crippen LogP contribution in [0.1, 0.15) is 19.3 Å². The second-order valence-corrected chi connectivity index (χ2v) is 5.13. The van der Waals surface area contributed by atoms with Crippen molar-refractivity contribution in [3.63, 3.8) is 0 Å². The molecule has 1 fully saturated rings. The van der Waals surface area contributed by atoms with Crippen LogP contribution in [0.4, 0.5) is 13.2 Å². The van der Waals surface area contributed by atoms with Gasteiger partial charge in [0.2, 0.25) is 11.8 Å². The molecule has 1 rings (SSSR count). The van der Waals surface area contributed by atoms with Crippen molar-refractivity contribution >= 4 is 11.8 Å². The number of hydrogen-bond acceptors (Lipinski definition) is 2. The molecule has 1 heterocycles. The van der Waals surface area contributed by atoms with E-state index in [0.717, 1.165) is 4.90 Å². The summed E-state index contributed by atoms with van der Waals surface area (Å²) in [6, 6.07) is 0. The van der Waals surface area contributed by atoms with Crippen molar-refractivity contribution in [2.75, 3.05) is 26.2 Å². The predicted molar refractivity (Wildman–Crippen MR) is 75.6 cm³/mol. The lowest BCUT2D eigenvalue weighted by molar-refractivity contribution is -0.164. The predicted octanol–water partition coefficient (Wildman–Crippen LogP) is 1.83. The van der Waals surface area contributed by atoms with Crippen molar-refractivity contribution in [1.82, 2.24) is 9.80 Å². The molecule has 0 bridgehead atoms. The normalized spacial score (nSPS) is 16.0. The maximum Gasteiger partial charge on any atom is 0.406 e. The number of nitrogens with zero attached hydrogens (tertiary/aromatic N) is 2. The van der Waals surface area contributed by atoms with Crippen LogP contribution in [0.3, 0.4) is 0 Å². The van der Waals surface area contributed by atoms with Crippen LogP contribution in [-0.4, -0.2) is 54.0 Å². The molecule has 1 aliphatic heterocycles. The van der Waals surface area contributed by atoms with Gasteiger partial charge in [-0.25, -0.2) is 0 Å². The molecule has 122 valence electrons. The number of rotatable bonds is 5. The molecule has 0 aliphatic carbocycles. The van der Waals surface area contributed by atoms with E-state index in [-0.39, 0.29) is 18.9 Å². The van der Waals surface area contributed by atoms with Crippen LogP contribution in [0.5, 0.6) is 0 Å². The second-order valence-electron chi connectivity index (χ2n) is 5.13. The average molecular weight is 316 g/mol. The van der Waals surface area contributed by atoms with E-state index in [0.29, 0.717) is 25.9 Å². The van der Waals surface area contributed by atoms with Crippen molar-refractivity contribution < 1.29 is 22.8 Å². The Kier molecular flexibility index (Phi) is 6.47. The molecule has 7 heteroatoms. The summed E-state index contributed by atoms with van der Waals surface area (Å²) in [5.41, 5.74) is 0. The third-order valence-electron chi connectivity index (χ3n) is 3.54. The van der Waals surface area contributed by atoms with Crippen molar-refractivity contribution in [2.45, 2.75) is 25.4 Å². The summed E-state index contributed by atoms with van der Waals surface area (Å²) in [6.45, 7) is 2.67. The highest BCUT2D eigenvalue weighted by Crippen LogP contribution is 2.23. The molecule has 0 saturated carbocycles. The fraction of sp³-hybridized carbons (Fsp3) is 0.600. The molecule has 1 aliphatic rings. The number of likely N-dealkylation sites (tertiary alicyclic amines) is 1. The third-order valence-corrected chi connectivity index (χ3v) is 3.54. The first-order valence-corrected chi connectivity index (χ1v) is 6.99. The number of terminal acetylenes is 1. The van der Waals surface area contributed by atoms with E-state index in [2.05, 4.69) is 12.5 Å². The van der Waals surface area contributed by atoms with Crippen molar-refractivity contribution in [3.8, 4) is 12.3 Å². The fourth-order valence-corrected chi connectivity index (χ4v) is 2.42. The van der Waals surface area contributed by atoms with Gasteiger partial charge in [-0.15, -0.1) is 12.3 Å². The molecule has 2 amide bonds. The first-order chi connectivity index (χ1) is 10.3. The first kappa shape index (κ1) is 18.1. The van der Waals surface area contributed by atoms with Crippen LogP contribution in [0.2, 0.25) is 0 Å². The molecule has 0 atom stereocenters. The summed E-state index contributed by atoms with van der Waals surface area (Å²) in [6.07, 6.45) is 2.57. The summed E-state index contributed by atoms with van der Waals surface area (Å²) >= 11 is 0. The Hall–Kier alpha value is -1.97. The zero-order valence-electron chi connectivity index (χ0n) is 12.2. The van der Waals surface area contributed by atoms with E-state index in [9.17, 15) is 22.8 Å². The SMILES string of the molecule is C#CCCN(CC(F)(F)F)C(=O)C1CCN(C(=O)C=C)CC1. The summed E-state index contributed by atoms with van der Waals surface area (Å²) in [5, 5.41) is 0. The van der Waals surface area contributed by atoms with Gasteiger partial charge >= 0.3 is 6.18 Å². The first-order valence-electron chi connectivity index (χ1n) is 6.99. The average Bonchev–Trinajstić information content (AvgIpc) is 2.49. The van der Waals surface area contributed by atoms with Gasteiger partial charge in [0.25, 0.3) is 0 Å². The Morgan fingerprint density at radius 3 is 2.41 bits per heavy atom. The molecular formula is C15H19F3N2O2. The second kappa shape index (κ2) is 7.87. The molecule has 0 N–H and O–H groups in total. The Bertz CT molecular complexity index is 460. The van der Waals surface area contributed by atoms with E-state index in [1.807, 2.05) is 0 Å². The number of amides is 2. The molecule has 0 aromatic rings.